The van der Waals surface area contributed by atoms with Crippen molar-refractivity contribution in [3.8, 4) is 0 Å². The van der Waals surface area contributed by atoms with Gasteiger partial charge in [0.05, 0.1) is 23.6 Å². The molecule has 4 nitrogen and oxygen atoms in total. The van der Waals surface area contributed by atoms with Crippen LogP contribution in [0, 0.1) is 5.82 Å². The molecule has 4 rings (SSSR count). The van der Waals surface area contributed by atoms with Gasteiger partial charge in [-0.1, -0.05) is 41.6 Å². The number of thioether (sulfide) groups is 1. The van der Waals surface area contributed by atoms with Crippen LogP contribution in [0.5, 0.6) is 0 Å². The third kappa shape index (κ3) is 3.61. The standard InChI is InChI=1S/C18H16ClFN2O2S2/c19-13-4-2-6-15(8-13)22-17-11-26(23,24)10-16(17)21-18(22)25-9-12-3-1-5-14(20)7-12/h1-8,16-17H,9-11H2. The third-order valence-electron chi connectivity index (χ3n) is 4.45. The van der Waals surface area contributed by atoms with Crippen LogP contribution in [0.4, 0.5) is 10.1 Å². The van der Waals surface area contributed by atoms with E-state index in [1.807, 2.05) is 29.2 Å². The number of nitrogens with zero attached hydrogens (tertiary/aromatic N) is 2. The van der Waals surface area contributed by atoms with Gasteiger partial charge in [0.1, 0.15) is 5.82 Å². The summed E-state index contributed by atoms with van der Waals surface area (Å²) in [5.74, 6) is 0.433. The van der Waals surface area contributed by atoms with Gasteiger partial charge in [-0.05, 0) is 35.9 Å². The number of hydrogen-bond acceptors (Lipinski definition) is 5. The molecule has 2 aromatic rings. The average Bonchev–Trinajstić information content (AvgIpc) is 3.04. The highest BCUT2D eigenvalue weighted by Crippen LogP contribution is 2.36. The Bertz CT molecular complexity index is 981. The predicted octanol–water partition coefficient (Wildman–Crippen LogP) is 3.75. The molecule has 0 spiro atoms. The van der Waals surface area contributed by atoms with Gasteiger partial charge >= 0.3 is 0 Å². The van der Waals surface area contributed by atoms with Crippen molar-refractivity contribution >= 4 is 44.1 Å². The van der Waals surface area contributed by atoms with E-state index in [1.165, 1.54) is 23.9 Å². The van der Waals surface area contributed by atoms with Crippen molar-refractivity contribution in [3.63, 3.8) is 0 Å². The van der Waals surface area contributed by atoms with Crippen molar-refractivity contribution in [1.29, 1.82) is 0 Å². The number of aliphatic imine (C=N–C) groups is 1. The molecule has 2 aromatic carbocycles. The molecule has 1 saturated heterocycles. The zero-order valence-corrected chi connectivity index (χ0v) is 16.1. The van der Waals surface area contributed by atoms with E-state index in [0.29, 0.717) is 10.8 Å². The molecular weight excluding hydrogens is 395 g/mol. The fourth-order valence-corrected chi connectivity index (χ4v) is 6.43. The van der Waals surface area contributed by atoms with Crippen LogP contribution in [-0.4, -0.2) is 37.2 Å². The first-order valence-electron chi connectivity index (χ1n) is 8.11. The van der Waals surface area contributed by atoms with Gasteiger partial charge in [0.15, 0.2) is 15.0 Å². The Kier molecular flexibility index (Phi) is 4.71. The van der Waals surface area contributed by atoms with E-state index < -0.39 is 9.84 Å². The normalized spacial score (nSPS) is 23.8. The lowest BCUT2D eigenvalue weighted by Gasteiger charge is -2.26. The highest BCUT2D eigenvalue weighted by atomic mass is 35.5. The lowest BCUT2D eigenvalue weighted by atomic mass is 10.1. The number of fused-ring (bicyclic) bond motifs is 1. The smallest absolute Gasteiger partial charge is 0.164 e. The number of benzene rings is 2. The van der Waals surface area contributed by atoms with Crippen LogP contribution in [-0.2, 0) is 15.6 Å². The number of halogens is 2. The zero-order chi connectivity index (χ0) is 18.3. The molecule has 0 aliphatic carbocycles. The van der Waals surface area contributed by atoms with E-state index in [-0.39, 0.29) is 29.4 Å². The summed E-state index contributed by atoms with van der Waals surface area (Å²) in [6, 6.07) is 13.3. The van der Waals surface area contributed by atoms with Gasteiger partial charge in [0.25, 0.3) is 0 Å². The summed E-state index contributed by atoms with van der Waals surface area (Å²) in [6.45, 7) is 0. The fraction of sp³-hybridized carbons (Fsp3) is 0.278. The highest BCUT2D eigenvalue weighted by Gasteiger charge is 2.47. The van der Waals surface area contributed by atoms with E-state index in [4.69, 9.17) is 11.6 Å². The SMILES string of the molecule is O=S1(=O)CC2N=C(SCc3cccc(F)c3)N(c3cccc(Cl)c3)C2C1. The van der Waals surface area contributed by atoms with Crippen molar-refractivity contribution in [2.45, 2.75) is 17.8 Å². The first kappa shape index (κ1) is 17.8. The molecule has 26 heavy (non-hydrogen) atoms. The zero-order valence-electron chi connectivity index (χ0n) is 13.7. The summed E-state index contributed by atoms with van der Waals surface area (Å²) < 4.78 is 37.5. The lowest BCUT2D eigenvalue weighted by Crippen LogP contribution is -2.39. The van der Waals surface area contributed by atoms with Crippen LogP contribution < -0.4 is 4.90 Å². The molecule has 0 bridgehead atoms. The molecule has 0 N–H and O–H groups in total. The Morgan fingerprint density at radius 3 is 2.77 bits per heavy atom. The van der Waals surface area contributed by atoms with Crippen LogP contribution in [0.3, 0.4) is 0 Å². The number of amidine groups is 1. The molecule has 0 amide bonds. The molecule has 1 fully saturated rings. The van der Waals surface area contributed by atoms with Crippen LogP contribution in [0.25, 0.3) is 0 Å². The van der Waals surface area contributed by atoms with Gasteiger partial charge in [-0.3, -0.25) is 4.99 Å². The summed E-state index contributed by atoms with van der Waals surface area (Å²) >= 11 is 7.61. The minimum Gasteiger partial charge on any atom is -0.315 e. The maximum absolute atomic E-state index is 13.4. The van der Waals surface area contributed by atoms with Gasteiger partial charge in [0, 0.05) is 16.5 Å². The van der Waals surface area contributed by atoms with Gasteiger partial charge in [-0.25, -0.2) is 12.8 Å². The Morgan fingerprint density at radius 1 is 1.19 bits per heavy atom. The maximum atomic E-state index is 13.4. The van der Waals surface area contributed by atoms with Crippen molar-refractivity contribution in [1.82, 2.24) is 0 Å². The van der Waals surface area contributed by atoms with Crippen LogP contribution in [0.1, 0.15) is 5.56 Å². The van der Waals surface area contributed by atoms with Crippen molar-refractivity contribution in [2.24, 2.45) is 4.99 Å². The summed E-state index contributed by atoms with van der Waals surface area (Å²) in [5, 5.41) is 1.34. The predicted molar refractivity (Wildman–Crippen MR) is 105 cm³/mol. The molecule has 8 heteroatoms. The average molecular weight is 411 g/mol. The first-order chi connectivity index (χ1) is 12.4. The molecule has 2 aliphatic rings. The molecule has 2 atom stereocenters. The monoisotopic (exact) mass is 410 g/mol. The van der Waals surface area contributed by atoms with E-state index in [9.17, 15) is 12.8 Å². The first-order valence-corrected chi connectivity index (χ1v) is 11.3. The number of anilines is 1. The molecule has 2 heterocycles. The van der Waals surface area contributed by atoms with E-state index in [1.54, 1.807) is 12.1 Å². The van der Waals surface area contributed by atoms with Crippen LogP contribution in [0.2, 0.25) is 5.02 Å². The van der Waals surface area contributed by atoms with Crippen LogP contribution in [0.15, 0.2) is 53.5 Å². The van der Waals surface area contributed by atoms with Crippen molar-refractivity contribution in [2.75, 3.05) is 16.4 Å². The van der Waals surface area contributed by atoms with Crippen LogP contribution >= 0.6 is 23.4 Å². The summed E-state index contributed by atoms with van der Waals surface area (Å²) in [5.41, 5.74) is 1.68. The van der Waals surface area contributed by atoms with Crippen molar-refractivity contribution in [3.05, 3.63) is 64.9 Å². The molecule has 2 unspecified atom stereocenters. The molecular formula is C18H16ClFN2O2S2. The van der Waals surface area contributed by atoms with E-state index in [2.05, 4.69) is 4.99 Å². The molecule has 0 saturated carbocycles. The van der Waals surface area contributed by atoms with Gasteiger partial charge < -0.3 is 4.90 Å². The number of rotatable bonds is 3. The molecule has 0 aromatic heterocycles. The van der Waals surface area contributed by atoms with Gasteiger partial charge in [0.2, 0.25) is 0 Å². The maximum Gasteiger partial charge on any atom is 0.164 e. The van der Waals surface area contributed by atoms with Gasteiger partial charge in [-0.2, -0.15) is 0 Å². The molecule has 2 aliphatic heterocycles. The quantitative estimate of drug-likeness (QED) is 0.773. The van der Waals surface area contributed by atoms with E-state index in [0.717, 1.165) is 16.4 Å². The third-order valence-corrected chi connectivity index (χ3v) is 7.42. The topological polar surface area (TPSA) is 49.7 Å². The highest BCUT2D eigenvalue weighted by molar-refractivity contribution is 8.13. The Labute approximate surface area is 161 Å². The Morgan fingerprint density at radius 2 is 2.00 bits per heavy atom. The van der Waals surface area contributed by atoms with Crippen molar-refractivity contribution < 1.29 is 12.8 Å². The second-order valence-corrected chi connectivity index (χ2v) is 9.92. The minimum absolute atomic E-state index is 0.0682. The second kappa shape index (κ2) is 6.87. The van der Waals surface area contributed by atoms with E-state index >= 15 is 0 Å². The largest absolute Gasteiger partial charge is 0.315 e. The number of sulfone groups is 1. The number of hydrogen-bond donors (Lipinski definition) is 0. The van der Waals surface area contributed by atoms with Gasteiger partial charge in [-0.15, -0.1) is 0 Å². The minimum atomic E-state index is -3.09. The summed E-state index contributed by atoms with van der Waals surface area (Å²) in [7, 11) is -3.09. The lowest BCUT2D eigenvalue weighted by molar-refractivity contribution is 0.601. The summed E-state index contributed by atoms with van der Waals surface area (Å²) in [6.07, 6.45) is 0. The second-order valence-electron chi connectivity index (χ2n) is 6.39. The fourth-order valence-electron chi connectivity index (χ4n) is 3.34. The molecule has 0 radical (unpaired) electrons. The molecule has 136 valence electrons. The Balaban J connectivity index is 1.63. The Hall–Kier alpha value is -1.57. The summed E-state index contributed by atoms with van der Waals surface area (Å²) in [4.78, 5) is 6.62.